The average Bonchev–Trinajstić information content (AvgIpc) is 3.16. The second-order valence-corrected chi connectivity index (χ2v) is 7.50. The number of rotatable bonds is 8. The van der Waals surface area contributed by atoms with E-state index < -0.39 is 0 Å². The van der Waals surface area contributed by atoms with Crippen LogP contribution in [0.15, 0.2) is 54.7 Å². The van der Waals surface area contributed by atoms with Crippen molar-refractivity contribution in [1.29, 1.82) is 0 Å². The number of halogens is 2. The molecular formula is C23H21ClFN3O3. The van der Waals surface area contributed by atoms with Crippen molar-refractivity contribution in [3.8, 4) is 22.9 Å². The van der Waals surface area contributed by atoms with Crippen LogP contribution < -0.4 is 9.47 Å². The Morgan fingerprint density at radius 2 is 1.94 bits per heavy atom. The van der Waals surface area contributed by atoms with Crippen LogP contribution in [-0.4, -0.2) is 34.8 Å². The van der Waals surface area contributed by atoms with E-state index in [-0.39, 0.29) is 18.5 Å². The molecule has 0 saturated carbocycles. The topological polar surface area (TPSA) is 69.3 Å². The molecular weight excluding hydrogens is 421 g/mol. The van der Waals surface area contributed by atoms with E-state index in [0.717, 1.165) is 5.56 Å². The molecule has 31 heavy (non-hydrogen) atoms. The first-order valence-corrected chi connectivity index (χ1v) is 10.1. The van der Waals surface area contributed by atoms with Crippen LogP contribution in [0.4, 0.5) is 4.39 Å². The molecule has 4 aromatic rings. The number of ether oxygens (including phenoxy) is 3. The van der Waals surface area contributed by atoms with Crippen LogP contribution >= 0.6 is 11.6 Å². The van der Waals surface area contributed by atoms with Gasteiger partial charge in [0.25, 0.3) is 0 Å². The standard InChI is InChI=1S/C23H21ClFN3O3/c1-14(12-29-2)31-19-8-16(22-27-21-9-17(24)11-26-23(21)28-22)7-18(10-19)30-13-15-5-3-4-6-20(15)25/h3-11,14H,12-13H2,1-2H3,(H,26,27,28). The molecule has 0 amide bonds. The molecule has 0 aliphatic rings. The molecule has 8 heteroatoms. The van der Waals surface area contributed by atoms with Gasteiger partial charge < -0.3 is 19.2 Å². The molecule has 0 saturated heterocycles. The van der Waals surface area contributed by atoms with E-state index >= 15 is 0 Å². The van der Waals surface area contributed by atoms with Crippen LogP contribution in [0.25, 0.3) is 22.6 Å². The maximum absolute atomic E-state index is 14.0. The van der Waals surface area contributed by atoms with Gasteiger partial charge in [-0.15, -0.1) is 0 Å². The molecule has 0 bridgehead atoms. The van der Waals surface area contributed by atoms with Gasteiger partial charge in [0.2, 0.25) is 0 Å². The van der Waals surface area contributed by atoms with Crippen LogP contribution in [-0.2, 0) is 11.3 Å². The lowest BCUT2D eigenvalue weighted by molar-refractivity contribution is 0.0919. The third-order valence-electron chi connectivity index (χ3n) is 4.55. The van der Waals surface area contributed by atoms with Gasteiger partial charge in [0.1, 0.15) is 41.4 Å². The number of nitrogens with one attached hydrogen (secondary N) is 1. The van der Waals surface area contributed by atoms with E-state index in [1.807, 2.05) is 19.1 Å². The van der Waals surface area contributed by atoms with Gasteiger partial charge in [0, 0.05) is 30.5 Å². The molecule has 160 valence electrons. The molecule has 4 rings (SSSR count). The number of hydrogen-bond acceptors (Lipinski definition) is 5. The zero-order chi connectivity index (χ0) is 21.8. The van der Waals surface area contributed by atoms with Gasteiger partial charge in [-0.1, -0.05) is 29.8 Å². The monoisotopic (exact) mass is 441 g/mol. The summed E-state index contributed by atoms with van der Waals surface area (Å²) in [6.45, 7) is 2.42. The normalized spacial score (nSPS) is 12.1. The number of hydrogen-bond donors (Lipinski definition) is 1. The zero-order valence-electron chi connectivity index (χ0n) is 17.1. The van der Waals surface area contributed by atoms with Gasteiger partial charge in [-0.05, 0) is 31.2 Å². The minimum Gasteiger partial charge on any atom is -0.489 e. The van der Waals surface area contributed by atoms with Gasteiger partial charge in [0.05, 0.1) is 11.6 Å². The molecule has 0 aliphatic heterocycles. The van der Waals surface area contributed by atoms with E-state index in [4.69, 9.17) is 25.8 Å². The molecule has 0 radical (unpaired) electrons. The first-order valence-electron chi connectivity index (χ1n) is 9.70. The maximum Gasteiger partial charge on any atom is 0.157 e. The molecule has 2 aromatic heterocycles. The highest BCUT2D eigenvalue weighted by Gasteiger charge is 2.13. The third-order valence-corrected chi connectivity index (χ3v) is 4.75. The van der Waals surface area contributed by atoms with Gasteiger partial charge in [0.15, 0.2) is 5.65 Å². The largest absolute Gasteiger partial charge is 0.489 e. The quantitative estimate of drug-likeness (QED) is 0.396. The Kier molecular flexibility index (Phi) is 6.34. The number of methoxy groups -OCH3 is 1. The summed E-state index contributed by atoms with van der Waals surface area (Å²) in [5.41, 5.74) is 2.47. The van der Waals surface area contributed by atoms with Gasteiger partial charge >= 0.3 is 0 Å². The fourth-order valence-corrected chi connectivity index (χ4v) is 3.30. The van der Waals surface area contributed by atoms with Crippen molar-refractivity contribution in [3.05, 3.63) is 71.1 Å². The minimum atomic E-state index is -0.316. The zero-order valence-corrected chi connectivity index (χ0v) is 17.8. The highest BCUT2D eigenvalue weighted by Crippen LogP contribution is 2.31. The SMILES string of the molecule is COCC(C)Oc1cc(OCc2ccccc2F)cc(-c2nc3cc(Cl)cnc3[nH]2)c1. The van der Waals surface area contributed by atoms with Crippen LogP contribution in [0.1, 0.15) is 12.5 Å². The summed E-state index contributed by atoms with van der Waals surface area (Å²) in [7, 11) is 1.62. The van der Waals surface area contributed by atoms with Gasteiger partial charge in [-0.25, -0.2) is 14.4 Å². The maximum atomic E-state index is 14.0. The summed E-state index contributed by atoms with van der Waals surface area (Å²) in [6.07, 6.45) is 1.39. The van der Waals surface area contributed by atoms with Crippen LogP contribution in [0, 0.1) is 5.82 Å². The first-order chi connectivity index (χ1) is 15.0. The molecule has 1 unspecified atom stereocenters. The molecule has 6 nitrogen and oxygen atoms in total. The molecule has 0 aliphatic carbocycles. The Hall–Kier alpha value is -3.16. The van der Waals surface area contributed by atoms with Gasteiger partial charge in [-0.3, -0.25) is 0 Å². The molecule has 2 heterocycles. The number of fused-ring (bicyclic) bond motifs is 1. The Morgan fingerprint density at radius 3 is 2.74 bits per heavy atom. The van der Waals surface area contributed by atoms with Crippen molar-refractivity contribution in [2.75, 3.05) is 13.7 Å². The van der Waals surface area contributed by atoms with Crippen molar-refractivity contribution in [1.82, 2.24) is 15.0 Å². The summed E-state index contributed by atoms with van der Waals surface area (Å²) < 4.78 is 31.0. The van der Waals surface area contributed by atoms with E-state index in [0.29, 0.717) is 45.7 Å². The lowest BCUT2D eigenvalue weighted by Gasteiger charge is -2.16. The Balaban J connectivity index is 1.67. The summed E-state index contributed by atoms with van der Waals surface area (Å²) in [5, 5.41) is 0.505. The van der Waals surface area contributed by atoms with Crippen molar-refractivity contribution < 1.29 is 18.6 Å². The average molecular weight is 442 g/mol. The number of imidazole rings is 1. The fraction of sp³-hybridized carbons (Fsp3) is 0.217. The van der Waals surface area contributed by atoms with Crippen LogP contribution in [0.2, 0.25) is 5.02 Å². The highest BCUT2D eigenvalue weighted by atomic mass is 35.5. The molecule has 0 fully saturated rings. The molecule has 0 spiro atoms. The lowest BCUT2D eigenvalue weighted by Crippen LogP contribution is -2.18. The summed E-state index contributed by atoms with van der Waals surface area (Å²) in [6, 6.07) is 13.7. The smallest absolute Gasteiger partial charge is 0.157 e. The predicted octanol–water partition coefficient (Wildman–Crippen LogP) is 5.41. The van der Waals surface area contributed by atoms with Crippen molar-refractivity contribution >= 4 is 22.8 Å². The number of nitrogens with zero attached hydrogens (tertiary/aromatic N) is 2. The highest BCUT2D eigenvalue weighted by molar-refractivity contribution is 6.31. The second kappa shape index (κ2) is 9.32. The second-order valence-electron chi connectivity index (χ2n) is 7.06. The fourth-order valence-electron chi connectivity index (χ4n) is 3.14. The minimum absolute atomic E-state index is 0.0838. The molecule has 1 atom stereocenters. The number of aromatic amines is 1. The van der Waals surface area contributed by atoms with Gasteiger partial charge in [-0.2, -0.15) is 0 Å². The number of pyridine rings is 1. The lowest BCUT2D eigenvalue weighted by atomic mass is 10.2. The van der Waals surface area contributed by atoms with E-state index in [9.17, 15) is 4.39 Å². The van der Waals surface area contributed by atoms with Crippen LogP contribution in [0.3, 0.4) is 0 Å². The van der Waals surface area contributed by atoms with E-state index in [1.54, 1.807) is 43.6 Å². The van der Waals surface area contributed by atoms with Crippen LogP contribution in [0.5, 0.6) is 11.5 Å². The first kappa shape index (κ1) is 21.1. The Bertz CT molecular complexity index is 1200. The Labute approximate surface area is 184 Å². The molecule has 2 aromatic carbocycles. The van der Waals surface area contributed by atoms with Crippen molar-refractivity contribution in [2.24, 2.45) is 0 Å². The number of aromatic nitrogens is 3. The van der Waals surface area contributed by atoms with E-state index in [2.05, 4.69) is 15.0 Å². The van der Waals surface area contributed by atoms with E-state index in [1.165, 1.54) is 6.07 Å². The summed E-state index contributed by atoms with van der Waals surface area (Å²) in [5.74, 6) is 1.37. The summed E-state index contributed by atoms with van der Waals surface area (Å²) in [4.78, 5) is 12.0. The Morgan fingerprint density at radius 1 is 1.13 bits per heavy atom. The number of benzene rings is 2. The van der Waals surface area contributed by atoms with Crippen molar-refractivity contribution in [2.45, 2.75) is 19.6 Å². The third kappa shape index (κ3) is 5.13. The van der Waals surface area contributed by atoms with Crippen molar-refractivity contribution in [3.63, 3.8) is 0 Å². The summed E-state index contributed by atoms with van der Waals surface area (Å²) >= 11 is 6.02. The molecule has 1 N–H and O–H groups in total. The number of H-pyrrole nitrogens is 1. The predicted molar refractivity (Wildman–Crippen MR) is 117 cm³/mol.